The molecular formula is C16H16N2S. The van der Waals surface area contributed by atoms with Crippen LogP contribution in [0.1, 0.15) is 23.6 Å². The Labute approximate surface area is 118 Å². The zero-order valence-corrected chi connectivity index (χ0v) is 12.0. The van der Waals surface area contributed by atoms with Gasteiger partial charge in [-0.05, 0) is 43.0 Å². The van der Waals surface area contributed by atoms with E-state index in [4.69, 9.17) is 0 Å². The molecule has 2 heterocycles. The summed E-state index contributed by atoms with van der Waals surface area (Å²) < 4.78 is 4.57. The number of rotatable bonds is 1. The Hall–Kier alpha value is -1.74. The first kappa shape index (κ1) is 12.3. The predicted octanol–water partition coefficient (Wildman–Crippen LogP) is 4.15. The molecule has 2 aliphatic rings. The van der Waals surface area contributed by atoms with Crippen molar-refractivity contribution in [3.8, 4) is 0 Å². The van der Waals surface area contributed by atoms with Crippen molar-refractivity contribution in [1.29, 1.82) is 0 Å². The normalized spacial score (nSPS) is 19.3. The Morgan fingerprint density at radius 1 is 1.47 bits per heavy atom. The molecule has 0 saturated carbocycles. The highest BCUT2D eigenvalue weighted by atomic mass is 32.2. The summed E-state index contributed by atoms with van der Waals surface area (Å²) in [6.07, 6.45) is 2.11. The molecule has 3 rings (SSSR count). The Balaban J connectivity index is 2.31. The summed E-state index contributed by atoms with van der Waals surface area (Å²) >= 11 is 1.58. The Morgan fingerprint density at radius 3 is 3.00 bits per heavy atom. The molecule has 0 fully saturated rings. The molecule has 0 amide bonds. The van der Waals surface area contributed by atoms with Crippen molar-refractivity contribution in [3.05, 3.63) is 65.4 Å². The van der Waals surface area contributed by atoms with Crippen LogP contribution >= 0.6 is 11.9 Å². The van der Waals surface area contributed by atoms with Gasteiger partial charge in [-0.1, -0.05) is 36.9 Å². The van der Waals surface area contributed by atoms with E-state index in [0.717, 1.165) is 28.6 Å². The van der Waals surface area contributed by atoms with Gasteiger partial charge in [-0.25, -0.2) is 0 Å². The highest BCUT2D eigenvalue weighted by Crippen LogP contribution is 2.40. The SMILES string of the molecule is C=C(C)/C=C1\C(=C)N2CSN=C2c2c(C)cccc21. The predicted molar refractivity (Wildman–Crippen MR) is 83.9 cm³/mol. The lowest BCUT2D eigenvalue weighted by molar-refractivity contribution is 0.638. The van der Waals surface area contributed by atoms with Crippen LogP contribution in [0.4, 0.5) is 0 Å². The second-order valence-electron chi connectivity index (χ2n) is 4.95. The minimum Gasteiger partial charge on any atom is -0.314 e. The molecule has 0 bridgehead atoms. The number of benzene rings is 1. The fourth-order valence-corrected chi connectivity index (χ4v) is 3.31. The van der Waals surface area contributed by atoms with Gasteiger partial charge in [-0.3, -0.25) is 0 Å². The van der Waals surface area contributed by atoms with Gasteiger partial charge in [-0.15, -0.1) is 0 Å². The third-order valence-electron chi connectivity index (χ3n) is 3.41. The van der Waals surface area contributed by atoms with E-state index in [2.05, 4.69) is 53.7 Å². The molecule has 96 valence electrons. The molecule has 1 aromatic carbocycles. The summed E-state index contributed by atoms with van der Waals surface area (Å²) in [5.74, 6) is 1.89. The monoisotopic (exact) mass is 268 g/mol. The van der Waals surface area contributed by atoms with Crippen LogP contribution in [-0.4, -0.2) is 16.6 Å². The molecule has 0 radical (unpaired) electrons. The van der Waals surface area contributed by atoms with E-state index in [1.807, 2.05) is 6.92 Å². The van der Waals surface area contributed by atoms with E-state index in [1.165, 1.54) is 16.7 Å². The molecule has 0 spiro atoms. The van der Waals surface area contributed by atoms with Crippen LogP contribution in [0.3, 0.4) is 0 Å². The third kappa shape index (κ3) is 1.85. The van der Waals surface area contributed by atoms with Crippen molar-refractivity contribution < 1.29 is 0 Å². The summed E-state index contributed by atoms with van der Waals surface area (Å²) in [6, 6.07) is 6.37. The number of aryl methyl sites for hydroxylation is 1. The largest absolute Gasteiger partial charge is 0.314 e. The number of hydrogen-bond donors (Lipinski definition) is 0. The van der Waals surface area contributed by atoms with Gasteiger partial charge in [0, 0.05) is 16.8 Å². The summed E-state index contributed by atoms with van der Waals surface area (Å²) in [7, 11) is 0. The minimum absolute atomic E-state index is 0.843. The maximum atomic E-state index is 4.57. The van der Waals surface area contributed by atoms with Gasteiger partial charge in [0.15, 0.2) is 0 Å². The average molecular weight is 268 g/mol. The highest BCUT2D eigenvalue weighted by molar-refractivity contribution is 7.98. The maximum Gasteiger partial charge on any atom is 0.150 e. The summed E-state index contributed by atoms with van der Waals surface area (Å²) in [4.78, 5) is 2.19. The molecule has 3 heteroatoms. The molecule has 0 aromatic heterocycles. The molecule has 0 N–H and O–H groups in total. The maximum absolute atomic E-state index is 4.57. The van der Waals surface area contributed by atoms with Crippen LogP contribution in [0.25, 0.3) is 5.57 Å². The van der Waals surface area contributed by atoms with Crippen LogP contribution in [0, 0.1) is 6.92 Å². The van der Waals surface area contributed by atoms with Gasteiger partial charge < -0.3 is 4.90 Å². The number of hydrogen-bond acceptors (Lipinski definition) is 3. The molecule has 1 aromatic rings. The average Bonchev–Trinajstić information content (AvgIpc) is 2.83. The van der Waals surface area contributed by atoms with E-state index in [0.29, 0.717) is 0 Å². The number of allylic oxidation sites excluding steroid dienone is 3. The molecule has 2 nitrogen and oxygen atoms in total. The van der Waals surface area contributed by atoms with E-state index >= 15 is 0 Å². The lowest BCUT2D eigenvalue weighted by atomic mass is 9.88. The van der Waals surface area contributed by atoms with Crippen molar-refractivity contribution in [2.24, 2.45) is 4.40 Å². The van der Waals surface area contributed by atoms with E-state index < -0.39 is 0 Å². The smallest absolute Gasteiger partial charge is 0.150 e. The molecule has 0 unspecified atom stereocenters. The van der Waals surface area contributed by atoms with Crippen LogP contribution in [-0.2, 0) is 0 Å². The van der Waals surface area contributed by atoms with Crippen molar-refractivity contribution in [2.75, 3.05) is 5.88 Å². The molecular weight excluding hydrogens is 252 g/mol. The second-order valence-corrected chi connectivity index (χ2v) is 5.65. The van der Waals surface area contributed by atoms with Crippen LogP contribution in [0.2, 0.25) is 0 Å². The first-order valence-corrected chi connectivity index (χ1v) is 7.18. The fraction of sp³-hybridized carbons (Fsp3) is 0.188. The van der Waals surface area contributed by atoms with Crippen LogP contribution in [0.5, 0.6) is 0 Å². The van der Waals surface area contributed by atoms with Gasteiger partial charge in [0.1, 0.15) is 5.84 Å². The number of nitrogens with zero attached hydrogens (tertiary/aromatic N) is 2. The lowest BCUT2D eigenvalue weighted by Gasteiger charge is -2.32. The topological polar surface area (TPSA) is 15.6 Å². The van der Waals surface area contributed by atoms with Gasteiger partial charge in [0.25, 0.3) is 0 Å². The highest BCUT2D eigenvalue weighted by Gasteiger charge is 2.32. The molecule has 2 aliphatic heterocycles. The molecule has 0 saturated heterocycles. The molecule has 0 aliphatic carbocycles. The van der Waals surface area contributed by atoms with Crippen molar-refractivity contribution >= 4 is 23.4 Å². The molecule has 0 atom stereocenters. The first-order valence-electron chi connectivity index (χ1n) is 6.24. The minimum atomic E-state index is 0.843. The van der Waals surface area contributed by atoms with Crippen LogP contribution < -0.4 is 0 Å². The number of fused-ring (bicyclic) bond motifs is 3. The molecule has 19 heavy (non-hydrogen) atoms. The Bertz CT molecular complexity index is 653. The summed E-state index contributed by atoms with van der Waals surface area (Å²) in [5.41, 5.74) is 6.91. The van der Waals surface area contributed by atoms with E-state index in [1.54, 1.807) is 11.9 Å². The van der Waals surface area contributed by atoms with E-state index in [-0.39, 0.29) is 0 Å². The Morgan fingerprint density at radius 2 is 2.26 bits per heavy atom. The lowest BCUT2D eigenvalue weighted by Crippen LogP contribution is -2.32. The first-order chi connectivity index (χ1) is 9.09. The van der Waals surface area contributed by atoms with Gasteiger partial charge in [0.2, 0.25) is 0 Å². The zero-order chi connectivity index (χ0) is 13.6. The standard InChI is InChI=1S/C16H16N2S/c1-10(2)8-14-12(4)18-9-19-17-16(18)15-11(3)6-5-7-13(14)15/h5-8H,1,4,9H2,2-3H3/b14-8+. The van der Waals surface area contributed by atoms with Crippen LogP contribution in [0.15, 0.2) is 53.1 Å². The van der Waals surface area contributed by atoms with Gasteiger partial charge in [-0.2, -0.15) is 4.40 Å². The summed E-state index contributed by atoms with van der Waals surface area (Å²) in [5, 5.41) is 0. The van der Waals surface area contributed by atoms with Crippen molar-refractivity contribution in [3.63, 3.8) is 0 Å². The Kier molecular flexibility index (Phi) is 2.86. The number of amidine groups is 1. The summed E-state index contributed by atoms with van der Waals surface area (Å²) in [6.45, 7) is 12.4. The van der Waals surface area contributed by atoms with Gasteiger partial charge >= 0.3 is 0 Å². The van der Waals surface area contributed by atoms with Gasteiger partial charge in [0.05, 0.1) is 5.88 Å². The fourth-order valence-electron chi connectivity index (χ4n) is 2.54. The van der Waals surface area contributed by atoms with Crippen molar-refractivity contribution in [1.82, 2.24) is 4.90 Å². The third-order valence-corrected chi connectivity index (χ3v) is 4.08. The zero-order valence-electron chi connectivity index (χ0n) is 11.2. The van der Waals surface area contributed by atoms with E-state index in [9.17, 15) is 0 Å². The van der Waals surface area contributed by atoms with Crippen molar-refractivity contribution in [2.45, 2.75) is 13.8 Å². The second kappa shape index (κ2) is 4.42. The quantitative estimate of drug-likeness (QED) is 0.711.